The number of methoxy groups -OCH3 is 1. The van der Waals surface area contributed by atoms with E-state index >= 15 is 0 Å². The highest BCUT2D eigenvalue weighted by molar-refractivity contribution is 5.95. The molecule has 0 aliphatic carbocycles. The van der Waals surface area contributed by atoms with Gasteiger partial charge in [-0.05, 0) is 81.7 Å². The first kappa shape index (κ1) is 32.0. The Morgan fingerprint density at radius 1 is 1.27 bits per heavy atom. The molecule has 2 rings (SSSR count). The summed E-state index contributed by atoms with van der Waals surface area (Å²) in [5, 5.41) is 9.07. The van der Waals surface area contributed by atoms with E-state index in [-0.39, 0.29) is 11.5 Å². The van der Waals surface area contributed by atoms with E-state index in [0.717, 1.165) is 25.0 Å². The molecule has 2 N–H and O–H groups in total. The molecular formula is C32H48N2O3. The van der Waals surface area contributed by atoms with Crippen LogP contribution in [0.1, 0.15) is 79.7 Å². The van der Waals surface area contributed by atoms with Gasteiger partial charge in [0, 0.05) is 28.9 Å². The minimum atomic E-state index is -0.534. The normalized spacial score (nSPS) is 15.4. The topological polar surface area (TPSA) is 61.8 Å². The molecule has 0 saturated carbocycles. The van der Waals surface area contributed by atoms with Crippen LogP contribution in [0.4, 0.5) is 5.69 Å². The van der Waals surface area contributed by atoms with Crippen LogP contribution in [0.5, 0.6) is 0 Å². The number of allylic oxidation sites excluding steroid dienone is 6. The molecule has 0 radical (unpaired) electrons. The number of aryl methyl sites for hydroxylation is 1. The van der Waals surface area contributed by atoms with Gasteiger partial charge in [0.25, 0.3) is 5.91 Å². The van der Waals surface area contributed by atoms with Crippen molar-refractivity contribution in [3.05, 3.63) is 89.4 Å². The summed E-state index contributed by atoms with van der Waals surface area (Å²) in [7, 11) is 1.62. The van der Waals surface area contributed by atoms with Gasteiger partial charge in [0.15, 0.2) is 0 Å². The van der Waals surface area contributed by atoms with Gasteiger partial charge < -0.3 is 9.64 Å². The molecule has 0 fully saturated rings. The van der Waals surface area contributed by atoms with Crippen molar-refractivity contribution in [1.82, 2.24) is 5.48 Å². The quantitative estimate of drug-likeness (QED) is 0.104. The molecule has 0 aromatic heterocycles. The summed E-state index contributed by atoms with van der Waals surface area (Å²) in [5.74, 6) is 0.442. The largest absolute Gasteiger partial charge is 0.501 e. The zero-order valence-electron chi connectivity index (χ0n) is 24.2. The number of hydrogen-bond donors (Lipinski definition) is 2. The number of nitrogens with one attached hydrogen (secondary N) is 1. The summed E-state index contributed by atoms with van der Waals surface area (Å²) >= 11 is 0. The van der Waals surface area contributed by atoms with E-state index in [2.05, 4.69) is 75.6 Å². The lowest BCUT2D eigenvalue weighted by Crippen LogP contribution is -2.45. The zero-order chi connectivity index (χ0) is 28.0. The third kappa shape index (κ3) is 8.78. The molecule has 0 saturated heterocycles. The summed E-state index contributed by atoms with van der Waals surface area (Å²) in [6, 6.07) is 8.65. The maximum absolute atomic E-state index is 12.0. The highest BCUT2D eigenvalue weighted by atomic mass is 16.5. The molecule has 1 unspecified atom stereocenters. The molecule has 1 heterocycles. The predicted molar refractivity (Wildman–Crippen MR) is 156 cm³/mol. The Kier molecular flexibility index (Phi) is 13.8. The number of amides is 1. The number of carbonyl (C=O) groups excluding carboxylic acids is 1. The van der Waals surface area contributed by atoms with E-state index in [1.807, 2.05) is 26.8 Å². The van der Waals surface area contributed by atoms with Gasteiger partial charge in [0.05, 0.1) is 12.9 Å². The first-order valence-corrected chi connectivity index (χ1v) is 13.5. The van der Waals surface area contributed by atoms with Crippen molar-refractivity contribution in [2.45, 2.75) is 86.1 Å². The predicted octanol–water partition coefficient (Wildman–Crippen LogP) is 8.05. The van der Waals surface area contributed by atoms with Crippen molar-refractivity contribution < 1.29 is 14.7 Å². The Hall–Kier alpha value is -3.05. The molecule has 5 nitrogen and oxygen atoms in total. The molecule has 1 amide bonds. The Labute approximate surface area is 225 Å². The number of rotatable bonds is 11. The van der Waals surface area contributed by atoms with Crippen molar-refractivity contribution >= 4 is 11.6 Å². The van der Waals surface area contributed by atoms with Crippen molar-refractivity contribution in [2.24, 2.45) is 5.92 Å². The molecule has 1 aliphatic heterocycles. The van der Waals surface area contributed by atoms with Gasteiger partial charge >= 0.3 is 0 Å². The molecule has 204 valence electrons. The Morgan fingerprint density at radius 2 is 1.95 bits per heavy atom. The van der Waals surface area contributed by atoms with Crippen LogP contribution in [0.15, 0.2) is 83.8 Å². The van der Waals surface area contributed by atoms with E-state index in [4.69, 9.17) is 9.94 Å². The number of ether oxygens (including phenoxy) is 1. The minimum absolute atomic E-state index is 0.209. The van der Waals surface area contributed by atoms with Gasteiger partial charge in [-0.3, -0.25) is 10.0 Å². The summed E-state index contributed by atoms with van der Waals surface area (Å²) in [4.78, 5) is 14.5. The van der Waals surface area contributed by atoms with Crippen molar-refractivity contribution in [3.63, 3.8) is 0 Å². The third-order valence-corrected chi connectivity index (χ3v) is 6.40. The number of carbonyl (C=O) groups is 1. The second kappa shape index (κ2) is 15.9. The van der Waals surface area contributed by atoms with Crippen LogP contribution in [-0.2, 0) is 16.0 Å². The molecule has 0 bridgehead atoms. The lowest BCUT2D eigenvalue weighted by atomic mass is 9.86. The standard InChI is InChI=1S/C30H42N2O3.C2H6/c1-8-13-23-17-18-24-15-11-12-16-28(24)32(27(23)10-3)30(5,6)21-22(4)19-26(35-7)20-25(14-9-2)29(33)31-34;1-2/h8,10-16,20,22,34H,3,9,17-19,21H2,1-2,4-7H3,(H,31,33);1-2H3/b13-8-,25-14+,26-20-;. The van der Waals surface area contributed by atoms with Crippen molar-refractivity contribution in [2.75, 3.05) is 12.0 Å². The number of nitrogens with zero attached hydrogens (tertiary/aromatic N) is 1. The molecule has 1 aromatic carbocycles. The monoisotopic (exact) mass is 508 g/mol. The maximum atomic E-state index is 12.0. The fourth-order valence-electron chi connectivity index (χ4n) is 5.09. The summed E-state index contributed by atoms with van der Waals surface area (Å²) in [6.45, 7) is 18.9. The van der Waals surface area contributed by atoms with Gasteiger partial charge in [-0.1, -0.05) is 70.7 Å². The van der Waals surface area contributed by atoms with Crippen LogP contribution in [0.3, 0.4) is 0 Å². The number of fused-ring (bicyclic) bond motifs is 1. The van der Waals surface area contributed by atoms with Crippen molar-refractivity contribution in [1.29, 1.82) is 0 Å². The fourth-order valence-corrected chi connectivity index (χ4v) is 5.09. The van der Waals surface area contributed by atoms with Crippen LogP contribution >= 0.6 is 0 Å². The molecule has 37 heavy (non-hydrogen) atoms. The molecular weight excluding hydrogens is 460 g/mol. The second-order valence-electron chi connectivity index (χ2n) is 9.73. The first-order chi connectivity index (χ1) is 17.7. The van der Waals surface area contributed by atoms with E-state index in [0.29, 0.717) is 24.2 Å². The number of para-hydroxylation sites is 1. The van der Waals surface area contributed by atoms with E-state index in [1.54, 1.807) is 24.7 Å². The highest BCUT2D eigenvalue weighted by Crippen LogP contribution is 2.40. The molecule has 1 aliphatic rings. The number of anilines is 1. The lowest BCUT2D eigenvalue weighted by molar-refractivity contribution is -0.124. The number of benzene rings is 1. The van der Waals surface area contributed by atoms with Crippen LogP contribution in [0.25, 0.3) is 0 Å². The van der Waals surface area contributed by atoms with Gasteiger partial charge in [-0.2, -0.15) is 0 Å². The lowest BCUT2D eigenvalue weighted by Gasteiger charge is -2.43. The third-order valence-electron chi connectivity index (χ3n) is 6.40. The van der Waals surface area contributed by atoms with E-state index < -0.39 is 5.91 Å². The molecule has 1 atom stereocenters. The zero-order valence-corrected chi connectivity index (χ0v) is 24.2. The first-order valence-electron chi connectivity index (χ1n) is 13.5. The SMILES string of the molecule is C=CC1=C(/C=C\C)CCc2ccccc2N1C(C)(C)CC(C)C/C(=C/C(=C\CC)C(=O)NO)OC.CC. The summed E-state index contributed by atoms with van der Waals surface area (Å²) in [6.07, 6.45) is 14.0. The number of hydrogen-bond acceptors (Lipinski definition) is 4. The Balaban J connectivity index is 0.00000334. The van der Waals surface area contributed by atoms with Gasteiger partial charge in [-0.15, -0.1) is 0 Å². The van der Waals surface area contributed by atoms with Gasteiger partial charge in [0.1, 0.15) is 0 Å². The minimum Gasteiger partial charge on any atom is -0.501 e. The summed E-state index contributed by atoms with van der Waals surface area (Å²) in [5.41, 5.74) is 6.93. The van der Waals surface area contributed by atoms with Crippen LogP contribution < -0.4 is 10.4 Å². The van der Waals surface area contributed by atoms with Gasteiger partial charge in [0.2, 0.25) is 0 Å². The smallest absolute Gasteiger partial charge is 0.274 e. The average molecular weight is 509 g/mol. The fraction of sp³-hybridized carbons (Fsp3) is 0.469. The van der Waals surface area contributed by atoms with Gasteiger partial charge in [-0.25, -0.2) is 5.48 Å². The second-order valence-corrected chi connectivity index (χ2v) is 9.73. The van der Waals surface area contributed by atoms with Crippen LogP contribution in [-0.4, -0.2) is 23.8 Å². The van der Waals surface area contributed by atoms with E-state index in [1.165, 1.54) is 16.8 Å². The summed E-state index contributed by atoms with van der Waals surface area (Å²) < 4.78 is 5.63. The highest BCUT2D eigenvalue weighted by Gasteiger charge is 2.34. The molecule has 1 aromatic rings. The van der Waals surface area contributed by atoms with Crippen LogP contribution in [0, 0.1) is 5.92 Å². The van der Waals surface area contributed by atoms with Crippen LogP contribution in [0.2, 0.25) is 0 Å². The number of hydroxylamine groups is 1. The Bertz CT molecular complexity index is 1010. The molecule has 0 spiro atoms. The van der Waals surface area contributed by atoms with E-state index in [9.17, 15) is 4.79 Å². The maximum Gasteiger partial charge on any atom is 0.274 e. The average Bonchev–Trinajstić information content (AvgIpc) is 3.05. The Morgan fingerprint density at radius 3 is 2.51 bits per heavy atom. The molecule has 5 heteroatoms. The van der Waals surface area contributed by atoms with Crippen molar-refractivity contribution in [3.8, 4) is 0 Å².